The minimum atomic E-state index is -0.622. The molecule has 0 aliphatic rings. The highest BCUT2D eigenvalue weighted by Gasteiger charge is 2.20. The second kappa shape index (κ2) is 6.39. The van der Waals surface area contributed by atoms with Crippen LogP contribution in [0.15, 0.2) is 41.3 Å². The third-order valence-corrected chi connectivity index (χ3v) is 3.21. The lowest BCUT2D eigenvalue weighted by atomic mass is 10.1. The number of aromatic nitrogens is 5. The van der Waals surface area contributed by atoms with Gasteiger partial charge in [-0.25, -0.2) is 14.5 Å². The highest BCUT2D eigenvalue weighted by Crippen LogP contribution is 2.19. The number of esters is 1. The van der Waals surface area contributed by atoms with Crippen LogP contribution in [0.25, 0.3) is 0 Å². The van der Waals surface area contributed by atoms with Crippen molar-refractivity contribution in [3.05, 3.63) is 59.8 Å². The lowest BCUT2D eigenvalue weighted by molar-refractivity contribution is 0.0275. The van der Waals surface area contributed by atoms with Gasteiger partial charge in [0.25, 0.3) is 5.89 Å². The van der Waals surface area contributed by atoms with Gasteiger partial charge < -0.3 is 9.15 Å². The Morgan fingerprint density at radius 2 is 2.17 bits per heavy atom. The molecule has 1 aromatic carbocycles. The topological polar surface area (TPSA) is 95.9 Å². The van der Waals surface area contributed by atoms with Gasteiger partial charge in [-0.1, -0.05) is 18.2 Å². The van der Waals surface area contributed by atoms with Gasteiger partial charge in [0.1, 0.15) is 12.7 Å². The number of ether oxygens (including phenoxy) is 1. The molecule has 8 heteroatoms. The Morgan fingerprint density at radius 3 is 2.87 bits per heavy atom. The van der Waals surface area contributed by atoms with Crippen molar-refractivity contribution in [2.24, 2.45) is 0 Å². The number of aryl methyl sites for hydroxylation is 1. The molecule has 2 heterocycles. The highest BCUT2D eigenvalue weighted by atomic mass is 16.6. The monoisotopic (exact) mass is 313 g/mol. The maximum absolute atomic E-state index is 12.4. The molecule has 0 fully saturated rings. The van der Waals surface area contributed by atoms with Crippen molar-refractivity contribution in [2.45, 2.75) is 26.5 Å². The predicted molar refractivity (Wildman–Crippen MR) is 78.4 cm³/mol. The molecule has 3 aromatic rings. The van der Waals surface area contributed by atoms with Gasteiger partial charge in [0, 0.05) is 6.92 Å². The van der Waals surface area contributed by atoms with Crippen molar-refractivity contribution in [2.75, 3.05) is 0 Å². The Bertz CT molecular complexity index is 797. The molecule has 0 spiro atoms. The maximum atomic E-state index is 12.4. The first-order valence-corrected chi connectivity index (χ1v) is 7.05. The van der Waals surface area contributed by atoms with Gasteiger partial charge >= 0.3 is 5.97 Å². The van der Waals surface area contributed by atoms with Crippen molar-refractivity contribution in [1.82, 2.24) is 25.0 Å². The molecule has 0 N–H and O–H groups in total. The molecule has 2 aromatic heterocycles. The lowest BCUT2D eigenvalue weighted by Crippen LogP contribution is -2.13. The Labute approximate surface area is 132 Å². The summed E-state index contributed by atoms with van der Waals surface area (Å²) in [6.45, 7) is 3.79. The summed E-state index contributed by atoms with van der Waals surface area (Å²) in [6.07, 6.45) is 2.41. The second-order valence-electron chi connectivity index (χ2n) is 4.96. The fourth-order valence-corrected chi connectivity index (χ4v) is 2.10. The van der Waals surface area contributed by atoms with Gasteiger partial charge in [0.2, 0.25) is 5.89 Å². The molecule has 0 bridgehead atoms. The van der Waals surface area contributed by atoms with E-state index in [4.69, 9.17) is 9.15 Å². The van der Waals surface area contributed by atoms with Crippen LogP contribution < -0.4 is 0 Å². The standard InChI is InChI=1S/C15H15N5O3/c1-10(14-19-18-11(2)23-14)22-15(21)13-6-4-3-5-12(13)7-20-9-16-8-17-20/h3-6,8-10H,7H2,1-2H3/t10-/m0/s1. The Morgan fingerprint density at radius 1 is 1.35 bits per heavy atom. The van der Waals surface area contributed by atoms with Crippen LogP contribution in [-0.2, 0) is 11.3 Å². The fraction of sp³-hybridized carbons (Fsp3) is 0.267. The highest BCUT2D eigenvalue weighted by molar-refractivity contribution is 5.91. The van der Waals surface area contributed by atoms with E-state index in [-0.39, 0.29) is 5.89 Å². The van der Waals surface area contributed by atoms with E-state index in [0.29, 0.717) is 18.0 Å². The van der Waals surface area contributed by atoms with E-state index in [1.54, 1.807) is 37.0 Å². The Kier molecular flexibility index (Phi) is 4.13. The van der Waals surface area contributed by atoms with E-state index >= 15 is 0 Å². The average Bonchev–Trinajstić information content (AvgIpc) is 3.19. The van der Waals surface area contributed by atoms with Crippen molar-refractivity contribution < 1.29 is 13.9 Å². The van der Waals surface area contributed by atoms with Crippen LogP contribution in [0.2, 0.25) is 0 Å². The number of carbonyl (C=O) groups is 1. The number of nitrogens with zero attached hydrogens (tertiary/aromatic N) is 5. The van der Waals surface area contributed by atoms with Gasteiger partial charge in [0.15, 0.2) is 6.10 Å². The molecule has 8 nitrogen and oxygen atoms in total. The summed E-state index contributed by atoms with van der Waals surface area (Å²) in [5.41, 5.74) is 1.25. The van der Waals surface area contributed by atoms with Gasteiger partial charge in [0.05, 0.1) is 12.1 Å². The van der Waals surface area contributed by atoms with Crippen molar-refractivity contribution in [3.8, 4) is 0 Å². The summed E-state index contributed by atoms with van der Waals surface area (Å²) in [5.74, 6) is 0.239. The van der Waals surface area contributed by atoms with E-state index in [9.17, 15) is 4.79 Å². The number of rotatable bonds is 5. The second-order valence-corrected chi connectivity index (χ2v) is 4.96. The summed E-state index contributed by atoms with van der Waals surface area (Å²) >= 11 is 0. The molecular formula is C15H15N5O3. The van der Waals surface area contributed by atoms with E-state index < -0.39 is 12.1 Å². The van der Waals surface area contributed by atoms with Crippen LogP contribution in [0.1, 0.15) is 40.7 Å². The molecule has 1 atom stereocenters. The maximum Gasteiger partial charge on any atom is 0.339 e. The predicted octanol–water partition coefficient (Wildman–Crippen LogP) is 1.94. The molecule has 0 aliphatic heterocycles. The first-order valence-electron chi connectivity index (χ1n) is 7.05. The van der Waals surface area contributed by atoms with Crippen molar-refractivity contribution in [1.29, 1.82) is 0 Å². The molecular weight excluding hydrogens is 298 g/mol. The molecule has 0 saturated heterocycles. The van der Waals surface area contributed by atoms with E-state index in [1.165, 1.54) is 6.33 Å². The molecule has 118 valence electrons. The molecule has 0 aliphatic carbocycles. The van der Waals surface area contributed by atoms with Gasteiger partial charge in [-0.3, -0.25) is 0 Å². The SMILES string of the molecule is Cc1nnc([C@H](C)OC(=O)c2ccccc2Cn2cncn2)o1. The zero-order valence-corrected chi connectivity index (χ0v) is 12.7. The summed E-state index contributed by atoms with van der Waals surface area (Å²) in [7, 11) is 0. The van der Waals surface area contributed by atoms with Crippen LogP contribution >= 0.6 is 0 Å². The van der Waals surface area contributed by atoms with Crippen LogP contribution in [0.4, 0.5) is 0 Å². The number of carbonyl (C=O) groups excluding carboxylic acids is 1. The first kappa shape index (κ1) is 14.9. The minimum Gasteiger partial charge on any atom is -0.449 e. The average molecular weight is 313 g/mol. The van der Waals surface area contributed by atoms with Crippen molar-refractivity contribution in [3.63, 3.8) is 0 Å². The quantitative estimate of drug-likeness (QED) is 0.664. The Hall–Kier alpha value is -3.03. The summed E-state index contributed by atoms with van der Waals surface area (Å²) in [4.78, 5) is 16.3. The van der Waals surface area contributed by atoms with Crippen LogP contribution in [0, 0.1) is 6.92 Å². The number of hydrogen-bond donors (Lipinski definition) is 0. The lowest BCUT2D eigenvalue weighted by Gasteiger charge is -2.12. The van der Waals surface area contributed by atoms with Crippen LogP contribution in [-0.4, -0.2) is 30.9 Å². The van der Waals surface area contributed by atoms with Crippen LogP contribution in [0.5, 0.6) is 0 Å². The zero-order chi connectivity index (χ0) is 16.2. The zero-order valence-electron chi connectivity index (χ0n) is 12.7. The van der Waals surface area contributed by atoms with Gasteiger partial charge in [-0.2, -0.15) is 5.10 Å². The molecule has 0 amide bonds. The molecule has 0 radical (unpaired) electrons. The number of benzene rings is 1. The molecule has 0 saturated carbocycles. The third kappa shape index (κ3) is 3.42. The smallest absolute Gasteiger partial charge is 0.339 e. The first-order chi connectivity index (χ1) is 11.1. The van der Waals surface area contributed by atoms with E-state index in [2.05, 4.69) is 20.3 Å². The normalized spacial score (nSPS) is 12.1. The van der Waals surface area contributed by atoms with E-state index in [1.807, 2.05) is 12.1 Å². The molecule has 0 unspecified atom stereocenters. The summed E-state index contributed by atoms with van der Waals surface area (Å²) < 4.78 is 12.3. The third-order valence-electron chi connectivity index (χ3n) is 3.21. The molecule has 23 heavy (non-hydrogen) atoms. The molecule has 3 rings (SSSR count). The van der Waals surface area contributed by atoms with Crippen molar-refractivity contribution >= 4 is 5.97 Å². The van der Waals surface area contributed by atoms with Gasteiger partial charge in [-0.15, -0.1) is 10.2 Å². The van der Waals surface area contributed by atoms with Gasteiger partial charge in [-0.05, 0) is 18.6 Å². The Balaban J connectivity index is 1.77. The largest absolute Gasteiger partial charge is 0.449 e. The minimum absolute atomic E-state index is 0.268. The summed E-state index contributed by atoms with van der Waals surface area (Å²) in [6, 6.07) is 7.19. The summed E-state index contributed by atoms with van der Waals surface area (Å²) in [5, 5.41) is 11.6. The van der Waals surface area contributed by atoms with E-state index in [0.717, 1.165) is 5.56 Å². The fourth-order valence-electron chi connectivity index (χ4n) is 2.10. The van der Waals surface area contributed by atoms with Crippen LogP contribution in [0.3, 0.4) is 0 Å². The number of hydrogen-bond acceptors (Lipinski definition) is 7.